The van der Waals surface area contributed by atoms with E-state index in [1.165, 1.54) is 0 Å². The van der Waals surface area contributed by atoms with Gasteiger partial charge < -0.3 is 0 Å². The van der Waals surface area contributed by atoms with Crippen molar-refractivity contribution in [1.82, 2.24) is 15.0 Å². The molecule has 0 radical (unpaired) electrons. The van der Waals surface area contributed by atoms with E-state index in [0.717, 1.165) is 6.20 Å². The first kappa shape index (κ1) is 12.7. The first-order valence-electron chi connectivity index (χ1n) is 4.46. The van der Waals surface area contributed by atoms with Crippen molar-refractivity contribution in [3.05, 3.63) is 41.0 Å². The van der Waals surface area contributed by atoms with Crippen LogP contribution < -0.4 is 0 Å². The molecule has 1 heterocycles. The second kappa shape index (κ2) is 4.52. The number of hydrogen-bond acceptors (Lipinski definition) is 2. The molecule has 2 rings (SSSR count). The Hall–Kier alpha value is -1.70. The van der Waals surface area contributed by atoms with Gasteiger partial charge in [-0.2, -0.15) is 0 Å². The van der Waals surface area contributed by atoms with E-state index in [1.54, 1.807) is 0 Å². The van der Waals surface area contributed by atoms with Gasteiger partial charge in [0.1, 0.15) is 5.69 Å². The Morgan fingerprint density at radius 1 is 0.944 bits per heavy atom. The number of halogens is 6. The Balaban J connectivity index is 2.80. The van der Waals surface area contributed by atoms with Gasteiger partial charge in [-0.25, -0.2) is 26.6 Å². The molecule has 3 nitrogen and oxygen atoms in total. The molecule has 18 heavy (non-hydrogen) atoms. The fourth-order valence-corrected chi connectivity index (χ4v) is 1.50. The van der Waals surface area contributed by atoms with Crippen molar-refractivity contribution >= 4 is 11.6 Å². The summed E-state index contributed by atoms with van der Waals surface area (Å²) in [5.74, 6) is -10.6. The molecule has 0 saturated carbocycles. The van der Waals surface area contributed by atoms with Crippen molar-refractivity contribution in [3.8, 4) is 5.69 Å². The van der Waals surface area contributed by atoms with E-state index in [4.69, 9.17) is 11.6 Å². The van der Waals surface area contributed by atoms with Crippen LogP contribution in [0, 0.1) is 29.1 Å². The number of nitrogens with zero attached hydrogens (tertiary/aromatic N) is 3. The van der Waals surface area contributed by atoms with Crippen molar-refractivity contribution < 1.29 is 22.0 Å². The molecule has 1 aromatic carbocycles. The highest BCUT2D eigenvalue weighted by Gasteiger charge is 2.28. The molecule has 0 aliphatic carbocycles. The number of alkyl halides is 1. The average molecular weight is 284 g/mol. The van der Waals surface area contributed by atoms with Crippen LogP contribution in [0.1, 0.15) is 5.69 Å². The molecule has 0 fully saturated rings. The van der Waals surface area contributed by atoms with Crippen molar-refractivity contribution in [3.63, 3.8) is 0 Å². The highest BCUT2D eigenvalue weighted by atomic mass is 35.5. The molecule has 0 bridgehead atoms. The highest BCUT2D eigenvalue weighted by Crippen LogP contribution is 2.26. The van der Waals surface area contributed by atoms with Gasteiger partial charge in [-0.1, -0.05) is 5.21 Å². The van der Waals surface area contributed by atoms with E-state index in [0.29, 0.717) is 4.68 Å². The van der Waals surface area contributed by atoms with Crippen LogP contribution in [0.2, 0.25) is 0 Å². The Labute approximate surface area is 102 Å². The van der Waals surface area contributed by atoms with E-state index < -0.39 is 34.8 Å². The molecule has 96 valence electrons. The molecule has 9 heteroatoms. The molecule has 2 aromatic rings. The Morgan fingerprint density at radius 3 is 1.94 bits per heavy atom. The standard InChI is InChI=1S/C9H3ClF5N3/c10-1-3-2-16-17-18(3)9-7(14)5(12)4(11)6(13)8(9)15/h2H,1H2. The van der Waals surface area contributed by atoms with Crippen LogP contribution in [-0.4, -0.2) is 15.0 Å². The summed E-state index contributed by atoms with van der Waals surface area (Å²) in [6.07, 6.45) is 1.05. The zero-order valence-corrected chi connectivity index (χ0v) is 9.15. The molecule has 0 saturated heterocycles. The Morgan fingerprint density at radius 2 is 1.44 bits per heavy atom. The molecule has 0 atom stereocenters. The lowest BCUT2D eigenvalue weighted by Crippen LogP contribution is -2.12. The first-order valence-corrected chi connectivity index (χ1v) is 4.99. The minimum Gasteiger partial charge on any atom is -0.210 e. The number of benzene rings is 1. The second-order valence-electron chi connectivity index (χ2n) is 3.19. The fourth-order valence-electron chi connectivity index (χ4n) is 1.31. The summed E-state index contributed by atoms with van der Waals surface area (Å²) in [5, 5.41) is 6.53. The van der Waals surface area contributed by atoms with E-state index in [9.17, 15) is 22.0 Å². The average Bonchev–Trinajstić information content (AvgIpc) is 2.82. The van der Waals surface area contributed by atoms with E-state index >= 15 is 0 Å². The predicted octanol–water partition coefficient (Wildman–Crippen LogP) is 2.70. The molecular weight excluding hydrogens is 281 g/mol. The van der Waals surface area contributed by atoms with Crippen LogP contribution in [0.3, 0.4) is 0 Å². The van der Waals surface area contributed by atoms with E-state index in [2.05, 4.69) is 10.3 Å². The maximum absolute atomic E-state index is 13.4. The van der Waals surface area contributed by atoms with Crippen LogP contribution in [0.4, 0.5) is 22.0 Å². The quantitative estimate of drug-likeness (QED) is 0.367. The molecule has 0 spiro atoms. The maximum atomic E-state index is 13.4. The minimum absolute atomic E-state index is 0.0140. The predicted molar refractivity (Wildman–Crippen MR) is 50.7 cm³/mol. The number of rotatable bonds is 2. The molecule has 0 amide bonds. The van der Waals surface area contributed by atoms with Gasteiger partial charge in [-0.15, -0.1) is 16.7 Å². The molecule has 0 unspecified atom stereocenters. The lowest BCUT2D eigenvalue weighted by atomic mass is 10.2. The fraction of sp³-hybridized carbons (Fsp3) is 0.111. The molecule has 1 aromatic heterocycles. The summed E-state index contributed by atoms with van der Waals surface area (Å²) in [7, 11) is 0. The van der Waals surface area contributed by atoms with E-state index in [-0.39, 0.29) is 11.6 Å². The summed E-state index contributed by atoms with van der Waals surface area (Å²) < 4.78 is 66.1. The third-order valence-corrected chi connectivity index (χ3v) is 2.43. The Bertz CT molecular complexity index is 583. The van der Waals surface area contributed by atoms with Crippen LogP contribution >= 0.6 is 11.6 Å². The van der Waals surface area contributed by atoms with Gasteiger partial charge in [0.05, 0.1) is 17.8 Å². The van der Waals surface area contributed by atoms with Gasteiger partial charge in [-0.05, 0) is 0 Å². The normalized spacial score (nSPS) is 11.0. The third-order valence-electron chi connectivity index (χ3n) is 2.16. The molecule has 0 N–H and O–H groups in total. The monoisotopic (exact) mass is 283 g/mol. The summed E-state index contributed by atoms with van der Waals surface area (Å²) in [5.41, 5.74) is -1.22. The zero-order valence-electron chi connectivity index (χ0n) is 8.39. The largest absolute Gasteiger partial charge is 0.210 e. The van der Waals surface area contributed by atoms with Crippen molar-refractivity contribution in [2.45, 2.75) is 5.88 Å². The van der Waals surface area contributed by atoms with Gasteiger partial charge in [-0.3, -0.25) is 0 Å². The van der Waals surface area contributed by atoms with Crippen LogP contribution in [0.25, 0.3) is 5.69 Å². The van der Waals surface area contributed by atoms with Gasteiger partial charge in [0.15, 0.2) is 23.3 Å². The summed E-state index contributed by atoms with van der Waals surface area (Å²) >= 11 is 5.43. The lowest BCUT2D eigenvalue weighted by molar-refractivity contribution is 0.373. The van der Waals surface area contributed by atoms with Gasteiger partial charge >= 0.3 is 0 Å². The first-order chi connectivity index (χ1) is 8.49. The van der Waals surface area contributed by atoms with Crippen molar-refractivity contribution in [2.24, 2.45) is 0 Å². The SMILES string of the molecule is Fc1c(F)c(F)c(-n2nncc2CCl)c(F)c1F. The van der Waals surface area contributed by atoms with Gasteiger partial charge in [0.2, 0.25) is 5.82 Å². The van der Waals surface area contributed by atoms with Gasteiger partial charge in [0.25, 0.3) is 0 Å². The van der Waals surface area contributed by atoms with Crippen molar-refractivity contribution in [2.75, 3.05) is 0 Å². The molecular formula is C9H3ClF5N3. The van der Waals surface area contributed by atoms with Crippen LogP contribution in [0.15, 0.2) is 6.20 Å². The summed E-state index contributed by atoms with van der Waals surface area (Å²) in [4.78, 5) is 0. The third kappa shape index (κ3) is 1.72. The minimum atomic E-state index is -2.23. The smallest absolute Gasteiger partial charge is 0.200 e. The second-order valence-corrected chi connectivity index (χ2v) is 3.46. The summed E-state index contributed by atoms with van der Waals surface area (Å²) in [6, 6.07) is 0. The zero-order chi connectivity index (χ0) is 13.4. The lowest BCUT2D eigenvalue weighted by Gasteiger charge is -2.09. The summed E-state index contributed by atoms with van der Waals surface area (Å²) in [6.45, 7) is 0. The highest BCUT2D eigenvalue weighted by molar-refractivity contribution is 6.16. The maximum Gasteiger partial charge on any atom is 0.200 e. The Kier molecular flexibility index (Phi) is 3.20. The van der Waals surface area contributed by atoms with Crippen LogP contribution in [-0.2, 0) is 5.88 Å². The van der Waals surface area contributed by atoms with Crippen LogP contribution in [0.5, 0.6) is 0 Å². The number of aromatic nitrogens is 3. The topological polar surface area (TPSA) is 30.7 Å². The number of hydrogen-bond donors (Lipinski definition) is 0. The molecule has 0 aliphatic heterocycles. The molecule has 0 aliphatic rings. The van der Waals surface area contributed by atoms with Gasteiger partial charge in [0, 0.05) is 0 Å². The van der Waals surface area contributed by atoms with E-state index in [1.807, 2.05) is 0 Å². The van der Waals surface area contributed by atoms with Crippen molar-refractivity contribution in [1.29, 1.82) is 0 Å².